The van der Waals surface area contributed by atoms with E-state index in [2.05, 4.69) is 5.32 Å². The molecule has 1 aliphatic heterocycles. The average molecular weight is 390 g/mol. The van der Waals surface area contributed by atoms with Crippen molar-refractivity contribution in [1.82, 2.24) is 9.62 Å². The number of benzene rings is 1. The topological polar surface area (TPSA) is 92.5 Å². The maximum Gasteiger partial charge on any atom is 0.224 e. The smallest absolute Gasteiger partial charge is 0.224 e. The minimum Gasteiger partial charge on any atom is -0.354 e. The van der Waals surface area contributed by atoms with Crippen molar-refractivity contribution in [2.45, 2.75) is 38.0 Å². The van der Waals surface area contributed by atoms with Gasteiger partial charge in [-0.05, 0) is 32.3 Å². The molecule has 1 heterocycles. The molecule has 1 fully saturated rings. The summed E-state index contributed by atoms with van der Waals surface area (Å²) in [5.41, 5.74) is 6.15. The summed E-state index contributed by atoms with van der Waals surface area (Å²) < 4.78 is 26.7. The molecule has 3 N–H and O–H groups in total. The number of piperidine rings is 1. The second kappa shape index (κ2) is 8.98. The van der Waals surface area contributed by atoms with Crippen LogP contribution in [0.3, 0.4) is 0 Å². The third kappa shape index (κ3) is 6.93. The van der Waals surface area contributed by atoms with E-state index >= 15 is 0 Å². The standard InChI is InChI=1S/C17H27N3O3S.ClH/c1-17(2,18)13-19-16(21)15-9-6-10-20(11-15)24(22,23)12-14-7-4-3-5-8-14;/h3-5,7-8,15H,6,9-13,18H2,1-2H3,(H,19,21);1H. The van der Waals surface area contributed by atoms with Crippen molar-refractivity contribution in [1.29, 1.82) is 0 Å². The van der Waals surface area contributed by atoms with Crippen LogP contribution in [0, 0.1) is 5.92 Å². The van der Waals surface area contributed by atoms with Gasteiger partial charge < -0.3 is 11.1 Å². The van der Waals surface area contributed by atoms with Crippen LogP contribution in [0.4, 0.5) is 0 Å². The van der Waals surface area contributed by atoms with E-state index in [1.54, 1.807) is 12.1 Å². The molecule has 142 valence electrons. The Morgan fingerprint density at radius 2 is 1.96 bits per heavy atom. The van der Waals surface area contributed by atoms with E-state index in [9.17, 15) is 13.2 Å². The van der Waals surface area contributed by atoms with Gasteiger partial charge in [0.1, 0.15) is 0 Å². The van der Waals surface area contributed by atoms with Gasteiger partial charge in [-0.2, -0.15) is 0 Å². The number of nitrogens with zero attached hydrogens (tertiary/aromatic N) is 1. The van der Waals surface area contributed by atoms with E-state index in [1.165, 1.54) is 4.31 Å². The van der Waals surface area contributed by atoms with Crippen LogP contribution >= 0.6 is 12.4 Å². The predicted octanol–water partition coefficient (Wildman–Crippen LogP) is 1.50. The molecule has 0 aromatic heterocycles. The molecule has 2 rings (SSSR count). The third-order valence-electron chi connectivity index (χ3n) is 4.06. The molecule has 1 saturated heterocycles. The van der Waals surface area contributed by atoms with Gasteiger partial charge in [-0.15, -0.1) is 12.4 Å². The van der Waals surface area contributed by atoms with E-state index in [0.717, 1.165) is 5.56 Å². The van der Waals surface area contributed by atoms with E-state index in [-0.39, 0.29) is 36.5 Å². The monoisotopic (exact) mass is 389 g/mol. The van der Waals surface area contributed by atoms with Crippen molar-refractivity contribution in [3.63, 3.8) is 0 Å². The number of amides is 1. The fraction of sp³-hybridized carbons (Fsp3) is 0.588. The summed E-state index contributed by atoms with van der Waals surface area (Å²) in [5, 5.41) is 2.83. The van der Waals surface area contributed by atoms with Crippen molar-refractivity contribution in [3.8, 4) is 0 Å². The van der Waals surface area contributed by atoms with E-state index < -0.39 is 15.6 Å². The van der Waals surface area contributed by atoms with E-state index in [0.29, 0.717) is 25.9 Å². The first kappa shape index (κ1) is 21.9. The molecule has 1 amide bonds. The summed E-state index contributed by atoms with van der Waals surface area (Å²) in [6.45, 7) is 4.77. The number of carbonyl (C=O) groups is 1. The number of carbonyl (C=O) groups excluding carboxylic acids is 1. The Balaban J connectivity index is 0.00000312. The molecule has 0 bridgehead atoms. The normalized spacial score (nSPS) is 19.1. The Morgan fingerprint density at radius 3 is 2.56 bits per heavy atom. The largest absolute Gasteiger partial charge is 0.354 e. The average Bonchev–Trinajstić information content (AvgIpc) is 2.52. The number of nitrogens with two attached hydrogens (primary N) is 1. The summed E-state index contributed by atoms with van der Waals surface area (Å²) in [7, 11) is -3.42. The molecule has 6 nitrogen and oxygen atoms in total. The second-order valence-corrected chi connectivity index (χ2v) is 9.11. The number of hydrogen-bond acceptors (Lipinski definition) is 4. The first-order valence-electron chi connectivity index (χ1n) is 8.26. The zero-order valence-electron chi connectivity index (χ0n) is 14.8. The van der Waals surface area contributed by atoms with Crippen LogP contribution in [-0.4, -0.2) is 43.8 Å². The summed E-state index contributed by atoms with van der Waals surface area (Å²) >= 11 is 0. The highest BCUT2D eigenvalue weighted by Gasteiger charge is 2.32. The molecule has 25 heavy (non-hydrogen) atoms. The lowest BCUT2D eigenvalue weighted by Gasteiger charge is -2.32. The van der Waals surface area contributed by atoms with Gasteiger partial charge in [-0.25, -0.2) is 12.7 Å². The molecule has 1 aliphatic rings. The first-order valence-corrected chi connectivity index (χ1v) is 9.87. The molecular weight excluding hydrogens is 362 g/mol. The Labute approximate surface area is 156 Å². The second-order valence-electron chi connectivity index (χ2n) is 7.15. The number of hydrogen-bond donors (Lipinski definition) is 2. The molecule has 8 heteroatoms. The zero-order valence-corrected chi connectivity index (χ0v) is 16.4. The molecule has 0 aliphatic carbocycles. The lowest BCUT2D eigenvalue weighted by molar-refractivity contribution is -0.126. The fourth-order valence-electron chi connectivity index (χ4n) is 2.74. The fourth-order valence-corrected chi connectivity index (χ4v) is 4.36. The lowest BCUT2D eigenvalue weighted by atomic mass is 9.98. The Bertz CT molecular complexity index is 659. The SMILES string of the molecule is CC(C)(N)CNC(=O)C1CCCN(S(=O)(=O)Cc2ccccc2)C1.Cl. The van der Waals surface area contributed by atoms with Crippen LogP contribution in [0.15, 0.2) is 30.3 Å². The van der Waals surface area contributed by atoms with Crippen molar-refractivity contribution < 1.29 is 13.2 Å². The number of nitrogens with one attached hydrogen (secondary N) is 1. The molecule has 1 aromatic rings. The Morgan fingerprint density at radius 1 is 1.32 bits per heavy atom. The van der Waals surface area contributed by atoms with Crippen LogP contribution in [-0.2, 0) is 20.6 Å². The molecular formula is C17H28ClN3O3S. The zero-order chi connectivity index (χ0) is 17.8. The highest BCUT2D eigenvalue weighted by Crippen LogP contribution is 2.21. The van der Waals surface area contributed by atoms with Crippen LogP contribution in [0.25, 0.3) is 0 Å². The highest BCUT2D eigenvalue weighted by atomic mass is 35.5. The minimum atomic E-state index is -3.42. The van der Waals surface area contributed by atoms with Crippen LogP contribution in [0.1, 0.15) is 32.3 Å². The van der Waals surface area contributed by atoms with Crippen molar-refractivity contribution in [3.05, 3.63) is 35.9 Å². The minimum absolute atomic E-state index is 0. The van der Waals surface area contributed by atoms with Gasteiger partial charge in [0.05, 0.1) is 11.7 Å². The van der Waals surface area contributed by atoms with Gasteiger partial charge >= 0.3 is 0 Å². The van der Waals surface area contributed by atoms with E-state index in [4.69, 9.17) is 5.73 Å². The number of rotatable bonds is 6. The van der Waals surface area contributed by atoms with Crippen molar-refractivity contribution in [2.75, 3.05) is 19.6 Å². The summed E-state index contributed by atoms with van der Waals surface area (Å²) in [6.07, 6.45) is 1.40. The third-order valence-corrected chi connectivity index (χ3v) is 5.87. The van der Waals surface area contributed by atoms with Gasteiger partial charge in [-0.3, -0.25) is 4.79 Å². The summed E-state index contributed by atoms with van der Waals surface area (Å²) in [5.74, 6) is -0.461. The van der Waals surface area contributed by atoms with Gasteiger partial charge in [-0.1, -0.05) is 30.3 Å². The van der Waals surface area contributed by atoms with Crippen LogP contribution < -0.4 is 11.1 Å². The molecule has 0 spiro atoms. The maximum atomic E-state index is 12.6. The Kier molecular flexibility index (Phi) is 7.87. The van der Waals surface area contributed by atoms with Crippen LogP contribution in [0.2, 0.25) is 0 Å². The molecule has 0 radical (unpaired) electrons. The predicted molar refractivity (Wildman–Crippen MR) is 102 cm³/mol. The quantitative estimate of drug-likeness (QED) is 0.771. The molecule has 1 unspecified atom stereocenters. The van der Waals surface area contributed by atoms with Gasteiger partial charge in [0.15, 0.2) is 0 Å². The summed E-state index contributed by atoms with van der Waals surface area (Å²) in [4.78, 5) is 12.3. The summed E-state index contributed by atoms with van der Waals surface area (Å²) in [6, 6.07) is 9.11. The number of sulfonamides is 1. The van der Waals surface area contributed by atoms with E-state index in [1.807, 2.05) is 32.0 Å². The van der Waals surface area contributed by atoms with Gasteiger partial charge in [0, 0.05) is 25.2 Å². The molecule has 0 saturated carbocycles. The Hall–Kier alpha value is -1.15. The highest BCUT2D eigenvalue weighted by molar-refractivity contribution is 7.88. The first-order chi connectivity index (χ1) is 11.2. The van der Waals surface area contributed by atoms with Crippen molar-refractivity contribution in [2.24, 2.45) is 11.7 Å². The molecule has 1 atom stereocenters. The van der Waals surface area contributed by atoms with Gasteiger partial charge in [0.25, 0.3) is 0 Å². The number of halogens is 1. The van der Waals surface area contributed by atoms with Crippen molar-refractivity contribution >= 4 is 28.3 Å². The lowest BCUT2D eigenvalue weighted by Crippen LogP contribution is -2.50. The van der Waals surface area contributed by atoms with Crippen LogP contribution in [0.5, 0.6) is 0 Å². The molecule has 1 aromatic carbocycles. The maximum absolute atomic E-state index is 12.6. The van der Waals surface area contributed by atoms with Gasteiger partial charge in [0.2, 0.25) is 15.9 Å².